The molecule has 0 saturated carbocycles. The summed E-state index contributed by atoms with van der Waals surface area (Å²) < 4.78 is 0.970. The molecule has 0 aliphatic rings. The molecule has 0 spiro atoms. The Hall–Kier alpha value is 0.558. The minimum atomic E-state index is -1.03. The first-order valence-corrected chi connectivity index (χ1v) is 9.47. The molecule has 1 heteroatoms. The molecule has 0 heterocycles. The van der Waals surface area contributed by atoms with Gasteiger partial charge in [0, 0.05) is 0 Å². The van der Waals surface area contributed by atoms with Gasteiger partial charge in [0.05, 0.1) is 0 Å². The fourth-order valence-electron chi connectivity index (χ4n) is 0. The molecule has 0 unspecified atom stereocenters. The zero-order valence-corrected chi connectivity index (χ0v) is 7.90. The normalized spacial score (nSPS) is 12.9. The van der Waals surface area contributed by atoms with Gasteiger partial charge in [-0.05, 0) is 0 Å². The second-order valence-corrected chi connectivity index (χ2v) is 14.3. The van der Waals surface area contributed by atoms with Crippen molar-refractivity contribution in [1.29, 1.82) is 0 Å². The van der Waals surface area contributed by atoms with E-state index in [0.717, 1.165) is 4.71 Å². The Kier molecular flexibility index (Phi) is 2.39. The molecule has 0 amide bonds. The van der Waals surface area contributed by atoms with Crippen molar-refractivity contribution in [2.24, 2.45) is 0 Å². The molecule has 0 aromatic carbocycles. The van der Waals surface area contributed by atoms with Crippen LogP contribution in [0.5, 0.6) is 0 Å². The fourth-order valence-corrected chi connectivity index (χ4v) is 0. The van der Waals surface area contributed by atoms with Gasteiger partial charge in [0.2, 0.25) is 0 Å². The first kappa shape index (κ1) is 7.56. The Morgan fingerprint density at radius 3 is 1.14 bits per heavy atom. The predicted molar refractivity (Wildman–Crippen MR) is 38.4 cm³/mol. The van der Waals surface area contributed by atoms with E-state index in [9.17, 15) is 0 Å². The Morgan fingerprint density at radius 1 is 1.00 bits per heavy atom. The monoisotopic (exact) mass is 163 g/mol. The molecule has 0 aliphatic heterocycles. The zero-order valence-electron chi connectivity index (χ0n) is 6.02. The van der Waals surface area contributed by atoms with Crippen molar-refractivity contribution in [1.82, 2.24) is 0 Å². The van der Waals surface area contributed by atoms with Crippen LogP contribution in [0.1, 0.15) is 13.8 Å². The summed E-state index contributed by atoms with van der Waals surface area (Å²) in [5.74, 6) is 0. The summed E-state index contributed by atoms with van der Waals surface area (Å²) in [4.78, 5) is 0. The molecule has 0 aromatic rings. The SMILES string of the molecule is CC(C)[As](C)(C)C. The molecule has 0 N–H and O–H groups in total. The standard InChI is InChI=1S/C6H16As/c1-6(2)7(3,4)5/h6H,1-5H3. The molecule has 45 valence electrons. The fraction of sp³-hybridized carbons (Fsp3) is 1.00. The van der Waals surface area contributed by atoms with Crippen LogP contribution in [0, 0.1) is 0 Å². The van der Waals surface area contributed by atoms with Crippen molar-refractivity contribution in [2.45, 2.75) is 35.7 Å². The third-order valence-corrected chi connectivity index (χ3v) is 8.05. The zero-order chi connectivity index (χ0) is 6.08. The van der Waals surface area contributed by atoms with Gasteiger partial charge in [-0.3, -0.25) is 0 Å². The first-order chi connectivity index (χ1) is 2.94. The molecular formula is C6H16As. The van der Waals surface area contributed by atoms with Gasteiger partial charge in [-0.2, -0.15) is 0 Å². The van der Waals surface area contributed by atoms with Gasteiger partial charge in [-0.1, -0.05) is 0 Å². The van der Waals surface area contributed by atoms with Crippen LogP contribution >= 0.6 is 0 Å². The van der Waals surface area contributed by atoms with Crippen LogP contribution in [0.3, 0.4) is 0 Å². The average molecular weight is 163 g/mol. The van der Waals surface area contributed by atoms with E-state index in [1.54, 1.807) is 0 Å². The summed E-state index contributed by atoms with van der Waals surface area (Å²) >= 11 is -1.03. The van der Waals surface area contributed by atoms with E-state index in [-0.39, 0.29) is 0 Å². The second-order valence-electron chi connectivity index (χ2n) is 3.21. The number of hydrogen-bond donors (Lipinski definition) is 0. The predicted octanol–water partition coefficient (Wildman–Crippen LogP) is 2.73. The maximum atomic E-state index is 2.43. The summed E-state index contributed by atoms with van der Waals surface area (Å²) in [6.07, 6.45) is 0. The van der Waals surface area contributed by atoms with Gasteiger partial charge in [0.15, 0.2) is 0 Å². The Balaban J connectivity index is 3.54. The van der Waals surface area contributed by atoms with Gasteiger partial charge >= 0.3 is 49.2 Å². The molecule has 0 saturated heterocycles. The summed E-state index contributed by atoms with van der Waals surface area (Å²) in [5, 5.41) is 0. The van der Waals surface area contributed by atoms with Gasteiger partial charge < -0.3 is 0 Å². The number of hydrogen-bond acceptors (Lipinski definition) is 0. The Morgan fingerprint density at radius 2 is 1.14 bits per heavy atom. The van der Waals surface area contributed by atoms with Crippen LogP contribution in [-0.4, -0.2) is 13.6 Å². The molecule has 0 aromatic heterocycles. The van der Waals surface area contributed by atoms with Gasteiger partial charge in [0.25, 0.3) is 0 Å². The van der Waals surface area contributed by atoms with Crippen LogP contribution < -0.4 is 0 Å². The first-order valence-electron chi connectivity index (χ1n) is 2.75. The summed E-state index contributed by atoms with van der Waals surface area (Å²) in [5.41, 5.74) is 7.30. The Bertz CT molecular complexity index is 49.7. The Labute approximate surface area is 49.8 Å². The van der Waals surface area contributed by atoms with Crippen LogP contribution in [0.2, 0.25) is 21.8 Å². The maximum absolute atomic E-state index is 2.43. The molecule has 0 rings (SSSR count). The summed E-state index contributed by atoms with van der Waals surface area (Å²) in [7, 11) is 0. The van der Waals surface area contributed by atoms with E-state index in [1.165, 1.54) is 0 Å². The van der Waals surface area contributed by atoms with Crippen molar-refractivity contribution in [3.8, 4) is 0 Å². The molecule has 0 fully saturated rings. The van der Waals surface area contributed by atoms with E-state index in [1.807, 2.05) is 0 Å². The summed E-state index contributed by atoms with van der Waals surface area (Å²) in [6, 6.07) is 0. The van der Waals surface area contributed by atoms with Crippen LogP contribution in [0.15, 0.2) is 0 Å². The van der Waals surface area contributed by atoms with Crippen molar-refractivity contribution in [3.63, 3.8) is 0 Å². The molecular weight excluding hydrogens is 147 g/mol. The van der Waals surface area contributed by atoms with Crippen LogP contribution in [0.25, 0.3) is 0 Å². The van der Waals surface area contributed by atoms with Crippen molar-refractivity contribution < 1.29 is 0 Å². The van der Waals surface area contributed by atoms with Crippen molar-refractivity contribution in [3.05, 3.63) is 0 Å². The van der Waals surface area contributed by atoms with Crippen LogP contribution in [0.4, 0.5) is 0 Å². The van der Waals surface area contributed by atoms with Crippen molar-refractivity contribution >= 4 is 13.6 Å². The van der Waals surface area contributed by atoms with Gasteiger partial charge in [-0.15, -0.1) is 0 Å². The third-order valence-electron chi connectivity index (χ3n) is 1.55. The minimum absolute atomic E-state index is 0.970. The van der Waals surface area contributed by atoms with Crippen LogP contribution in [-0.2, 0) is 0 Å². The van der Waals surface area contributed by atoms with E-state index in [2.05, 4.69) is 31.0 Å². The van der Waals surface area contributed by atoms with E-state index in [4.69, 9.17) is 0 Å². The van der Waals surface area contributed by atoms with Crippen molar-refractivity contribution in [2.75, 3.05) is 0 Å². The molecule has 0 nitrogen and oxygen atoms in total. The van der Waals surface area contributed by atoms with E-state index < -0.39 is 13.6 Å². The van der Waals surface area contributed by atoms with Gasteiger partial charge in [0.1, 0.15) is 0 Å². The van der Waals surface area contributed by atoms with E-state index in [0.29, 0.717) is 0 Å². The van der Waals surface area contributed by atoms with E-state index >= 15 is 0 Å². The molecule has 0 aliphatic carbocycles. The summed E-state index contributed by atoms with van der Waals surface area (Å²) in [6.45, 7) is 4.65. The average Bonchev–Trinajstić information content (AvgIpc) is 1.31. The quantitative estimate of drug-likeness (QED) is 0.521. The number of rotatable bonds is 1. The topological polar surface area (TPSA) is 0 Å². The molecule has 7 heavy (non-hydrogen) atoms. The third kappa shape index (κ3) is 3.17. The second kappa shape index (κ2) is 2.22. The molecule has 0 bridgehead atoms. The molecule has 0 atom stereocenters. The molecule has 1 radical (unpaired) electrons. The van der Waals surface area contributed by atoms with Gasteiger partial charge in [-0.25, -0.2) is 0 Å².